The van der Waals surface area contributed by atoms with E-state index < -0.39 is 6.10 Å². The van der Waals surface area contributed by atoms with Crippen LogP contribution in [0.25, 0.3) is 11.1 Å². The zero-order valence-electron chi connectivity index (χ0n) is 18.6. The van der Waals surface area contributed by atoms with Crippen molar-refractivity contribution in [1.82, 2.24) is 4.98 Å². The molecule has 1 aliphatic rings. The smallest absolute Gasteiger partial charge is 0.265 e. The summed E-state index contributed by atoms with van der Waals surface area (Å²) in [5, 5.41) is 2.84. The lowest BCUT2D eigenvalue weighted by Crippen LogP contribution is -2.41. The van der Waals surface area contributed by atoms with Crippen LogP contribution >= 0.6 is 0 Å². The highest BCUT2D eigenvalue weighted by molar-refractivity contribution is 5.94. The van der Waals surface area contributed by atoms with Crippen molar-refractivity contribution < 1.29 is 14.3 Å². The molecular weight excluding hydrogens is 416 g/mol. The van der Waals surface area contributed by atoms with Gasteiger partial charge in [-0.15, -0.1) is 0 Å². The van der Waals surface area contributed by atoms with Gasteiger partial charge >= 0.3 is 0 Å². The van der Waals surface area contributed by atoms with Crippen molar-refractivity contribution in [3.63, 3.8) is 0 Å². The van der Waals surface area contributed by atoms with Gasteiger partial charge in [-0.3, -0.25) is 9.59 Å². The molecule has 2 unspecified atom stereocenters. The normalized spacial score (nSPS) is 16.6. The highest BCUT2D eigenvalue weighted by Crippen LogP contribution is 2.24. The van der Waals surface area contributed by atoms with Gasteiger partial charge in [0.1, 0.15) is 11.6 Å². The zero-order valence-corrected chi connectivity index (χ0v) is 18.6. The molecule has 2 amide bonds. The van der Waals surface area contributed by atoms with Gasteiger partial charge in [-0.05, 0) is 55.2 Å². The summed E-state index contributed by atoms with van der Waals surface area (Å²) >= 11 is 0. The molecule has 1 aromatic heterocycles. The van der Waals surface area contributed by atoms with Gasteiger partial charge in [0.25, 0.3) is 5.91 Å². The molecule has 2 aromatic carbocycles. The Morgan fingerprint density at radius 3 is 2.45 bits per heavy atom. The molecule has 2 heterocycles. The summed E-state index contributed by atoms with van der Waals surface area (Å²) in [6.45, 7) is 3.11. The van der Waals surface area contributed by atoms with Crippen molar-refractivity contribution in [2.45, 2.75) is 25.9 Å². The van der Waals surface area contributed by atoms with Crippen LogP contribution in [0, 0.1) is 5.92 Å². The number of hydrogen-bond acceptors (Lipinski definition) is 5. The summed E-state index contributed by atoms with van der Waals surface area (Å²) in [6.07, 6.45) is 2.65. The highest BCUT2D eigenvalue weighted by Gasteiger charge is 2.24. The third-order valence-corrected chi connectivity index (χ3v) is 5.81. The van der Waals surface area contributed by atoms with Crippen LogP contribution in [0.1, 0.15) is 19.8 Å². The maximum absolute atomic E-state index is 12.6. The second kappa shape index (κ2) is 10.2. The number of pyridine rings is 1. The van der Waals surface area contributed by atoms with Crippen LogP contribution in [-0.4, -0.2) is 36.0 Å². The van der Waals surface area contributed by atoms with Crippen molar-refractivity contribution in [3.8, 4) is 16.9 Å². The Bertz CT molecular complexity index is 1080. The van der Waals surface area contributed by atoms with Crippen LogP contribution in [0.3, 0.4) is 0 Å². The van der Waals surface area contributed by atoms with Crippen LogP contribution < -0.4 is 20.7 Å². The molecule has 0 saturated carbocycles. The maximum Gasteiger partial charge on any atom is 0.265 e. The molecule has 1 fully saturated rings. The molecule has 7 nitrogen and oxygen atoms in total. The Balaban J connectivity index is 1.32. The fraction of sp³-hybridized carbons (Fsp3) is 0.269. The average molecular weight is 445 g/mol. The summed E-state index contributed by atoms with van der Waals surface area (Å²) in [5.41, 5.74) is 8.25. The standard InChI is InChI=1S/C26H28N4O3/c1-18(33-23-12-9-20(10-13-23)19-6-3-2-4-7-19)26(32)29-22-11-14-24(28-16-22)30-15-5-8-21(17-30)25(27)31/h2-4,6-7,9-14,16,18,21H,5,8,15,17H2,1H3,(H2,27,31)(H,29,32). The van der Waals surface area contributed by atoms with E-state index in [1.165, 1.54) is 0 Å². The lowest BCUT2D eigenvalue weighted by molar-refractivity contribution is -0.122. The van der Waals surface area contributed by atoms with E-state index in [1.807, 2.05) is 60.7 Å². The number of nitrogens with zero attached hydrogens (tertiary/aromatic N) is 2. The van der Waals surface area contributed by atoms with Crippen molar-refractivity contribution in [2.75, 3.05) is 23.3 Å². The van der Waals surface area contributed by atoms with Crippen molar-refractivity contribution in [3.05, 3.63) is 72.9 Å². The van der Waals surface area contributed by atoms with Gasteiger partial charge in [0.15, 0.2) is 6.10 Å². The number of carbonyl (C=O) groups excluding carboxylic acids is 2. The van der Waals surface area contributed by atoms with Crippen LogP contribution in [0.2, 0.25) is 0 Å². The molecule has 0 aliphatic carbocycles. The van der Waals surface area contributed by atoms with Crippen LogP contribution in [0.5, 0.6) is 5.75 Å². The fourth-order valence-corrected chi connectivity index (χ4v) is 3.92. The Hall–Kier alpha value is -3.87. The Morgan fingerprint density at radius 1 is 1.06 bits per heavy atom. The molecule has 1 saturated heterocycles. The van der Waals surface area contributed by atoms with Gasteiger partial charge in [0.2, 0.25) is 5.91 Å². The quantitative estimate of drug-likeness (QED) is 0.577. The average Bonchev–Trinajstić information content (AvgIpc) is 2.85. The number of aromatic nitrogens is 1. The molecule has 0 radical (unpaired) electrons. The molecule has 7 heteroatoms. The number of primary amides is 1. The van der Waals surface area contributed by atoms with Gasteiger partial charge in [-0.1, -0.05) is 42.5 Å². The number of anilines is 2. The second-order valence-corrected chi connectivity index (χ2v) is 8.23. The van der Waals surface area contributed by atoms with E-state index in [9.17, 15) is 9.59 Å². The lowest BCUT2D eigenvalue weighted by atomic mass is 9.97. The molecular formula is C26H28N4O3. The first-order chi connectivity index (χ1) is 16.0. The third kappa shape index (κ3) is 5.68. The van der Waals surface area contributed by atoms with Gasteiger partial charge in [-0.2, -0.15) is 0 Å². The van der Waals surface area contributed by atoms with Crippen molar-refractivity contribution in [1.29, 1.82) is 0 Å². The summed E-state index contributed by atoms with van der Waals surface area (Å²) in [7, 11) is 0. The summed E-state index contributed by atoms with van der Waals surface area (Å²) in [4.78, 5) is 30.6. The van der Waals surface area contributed by atoms with Gasteiger partial charge in [-0.25, -0.2) is 4.98 Å². The Kier molecular flexibility index (Phi) is 6.88. The number of nitrogens with two attached hydrogens (primary N) is 1. The van der Waals surface area contributed by atoms with Gasteiger partial charge in [0, 0.05) is 13.1 Å². The van der Waals surface area contributed by atoms with E-state index in [1.54, 1.807) is 19.2 Å². The van der Waals surface area contributed by atoms with E-state index in [0.29, 0.717) is 18.0 Å². The number of carbonyl (C=O) groups is 2. The highest BCUT2D eigenvalue weighted by atomic mass is 16.5. The topological polar surface area (TPSA) is 97.5 Å². The number of rotatable bonds is 7. The monoisotopic (exact) mass is 444 g/mol. The molecule has 2 atom stereocenters. The van der Waals surface area contributed by atoms with Crippen LogP contribution in [-0.2, 0) is 9.59 Å². The van der Waals surface area contributed by atoms with Gasteiger partial charge in [0.05, 0.1) is 17.8 Å². The molecule has 0 bridgehead atoms. The minimum Gasteiger partial charge on any atom is -0.481 e. The SMILES string of the molecule is CC(Oc1ccc(-c2ccccc2)cc1)C(=O)Nc1ccc(N2CCCC(C(N)=O)C2)nc1. The Labute approximate surface area is 193 Å². The van der Waals surface area contributed by atoms with Crippen LogP contribution in [0.4, 0.5) is 11.5 Å². The second-order valence-electron chi connectivity index (χ2n) is 8.23. The van der Waals surface area contributed by atoms with Crippen molar-refractivity contribution in [2.24, 2.45) is 11.7 Å². The molecule has 33 heavy (non-hydrogen) atoms. The molecule has 4 rings (SSSR count). The molecule has 0 spiro atoms. The summed E-state index contributed by atoms with van der Waals surface area (Å²) in [6, 6.07) is 21.4. The first-order valence-corrected chi connectivity index (χ1v) is 11.1. The predicted molar refractivity (Wildman–Crippen MR) is 129 cm³/mol. The summed E-state index contributed by atoms with van der Waals surface area (Å²) in [5.74, 6) is 0.706. The number of hydrogen-bond donors (Lipinski definition) is 2. The number of amides is 2. The van der Waals surface area contributed by atoms with Crippen LogP contribution in [0.15, 0.2) is 72.9 Å². The van der Waals surface area contributed by atoms with E-state index >= 15 is 0 Å². The van der Waals surface area contributed by atoms with E-state index in [4.69, 9.17) is 10.5 Å². The Morgan fingerprint density at radius 2 is 1.79 bits per heavy atom. The predicted octanol–water partition coefficient (Wildman–Crippen LogP) is 3.86. The lowest BCUT2D eigenvalue weighted by Gasteiger charge is -2.32. The largest absolute Gasteiger partial charge is 0.481 e. The zero-order chi connectivity index (χ0) is 23.2. The molecule has 3 aromatic rings. The number of benzene rings is 2. The molecule has 1 aliphatic heterocycles. The minimum absolute atomic E-state index is 0.153. The van der Waals surface area contributed by atoms with E-state index in [0.717, 1.165) is 36.3 Å². The van der Waals surface area contributed by atoms with E-state index in [-0.39, 0.29) is 17.7 Å². The number of piperidine rings is 1. The van der Waals surface area contributed by atoms with E-state index in [2.05, 4.69) is 15.2 Å². The molecule has 3 N–H and O–H groups in total. The summed E-state index contributed by atoms with van der Waals surface area (Å²) < 4.78 is 5.81. The number of ether oxygens (including phenoxy) is 1. The third-order valence-electron chi connectivity index (χ3n) is 5.81. The number of nitrogens with one attached hydrogen (secondary N) is 1. The van der Waals surface area contributed by atoms with Gasteiger partial charge < -0.3 is 20.7 Å². The maximum atomic E-state index is 12.6. The fourth-order valence-electron chi connectivity index (χ4n) is 3.92. The molecule has 170 valence electrons. The first-order valence-electron chi connectivity index (χ1n) is 11.1. The first kappa shape index (κ1) is 22.3. The minimum atomic E-state index is -0.675. The van der Waals surface area contributed by atoms with Crippen molar-refractivity contribution >= 4 is 23.3 Å².